The number of rotatable bonds is 6. The molecule has 3 heteroatoms. The van der Waals surface area contributed by atoms with Crippen LogP contribution in [0.3, 0.4) is 0 Å². The van der Waals surface area contributed by atoms with E-state index in [1.165, 1.54) is 0 Å². The van der Waals surface area contributed by atoms with Crippen LogP contribution in [0.1, 0.15) is 46.6 Å². The minimum absolute atomic E-state index is 0.102. The molecule has 0 spiro atoms. The third kappa shape index (κ3) is 4.47. The minimum atomic E-state index is -0.476. The molecule has 0 saturated carbocycles. The van der Waals surface area contributed by atoms with E-state index < -0.39 is 5.41 Å². The molecular weight excluding hydrogens is 363 g/mol. The number of halogens is 1. The number of benzene rings is 1. The lowest BCUT2D eigenvalue weighted by Crippen LogP contribution is -2.45. The molecule has 0 N–H and O–H groups in total. The highest BCUT2D eigenvalue weighted by atomic mass is 127. The molecule has 1 rings (SSSR count). The lowest BCUT2D eigenvalue weighted by molar-refractivity contribution is -0.158. The summed E-state index contributed by atoms with van der Waals surface area (Å²) in [5.74, 6) is 0.354. The Morgan fingerprint density at radius 2 is 1.75 bits per heavy atom. The van der Waals surface area contributed by atoms with E-state index in [9.17, 15) is 4.79 Å². The lowest BCUT2D eigenvalue weighted by atomic mass is 9.73. The zero-order valence-corrected chi connectivity index (χ0v) is 15.2. The summed E-state index contributed by atoms with van der Waals surface area (Å²) in [6.07, 6.45) is 0.830. The fourth-order valence-corrected chi connectivity index (χ4v) is 2.71. The second kappa shape index (κ2) is 6.92. The smallest absolute Gasteiger partial charge is 0.313 e. The van der Waals surface area contributed by atoms with Crippen molar-refractivity contribution in [3.63, 3.8) is 0 Å². The van der Waals surface area contributed by atoms with Gasteiger partial charge in [0.2, 0.25) is 0 Å². The van der Waals surface area contributed by atoms with E-state index in [-0.39, 0.29) is 9.39 Å². The van der Waals surface area contributed by atoms with Crippen molar-refractivity contribution in [1.82, 2.24) is 0 Å². The van der Waals surface area contributed by atoms with Gasteiger partial charge in [-0.05, 0) is 38.7 Å². The van der Waals surface area contributed by atoms with Gasteiger partial charge in [-0.15, -0.1) is 0 Å². The summed E-state index contributed by atoms with van der Waals surface area (Å²) < 4.78 is 5.43. The van der Waals surface area contributed by atoms with Crippen LogP contribution in [0, 0.1) is 11.3 Å². The van der Waals surface area contributed by atoms with E-state index in [0.717, 1.165) is 12.0 Å². The molecule has 0 saturated heterocycles. The molecule has 0 amide bonds. The van der Waals surface area contributed by atoms with Gasteiger partial charge in [0.05, 0.1) is 5.41 Å². The van der Waals surface area contributed by atoms with Crippen LogP contribution in [0.25, 0.3) is 0 Å². The SMILES string of the molecule is CC(C)CC(C)(C(=O)OCc1ccccc1)C(C)(C)I. The van der Waals surface area contributed by atoms with Gasteiger partial charge in [-0.1, -0.05) is 66.8 Å². The largest absolute Gasteiger partial charge is 0.460 e. The maximum absolute atomic E-state index is 12.6. The summed E-state index contributed by atoms with van der Waals surface area (Å²) in [5, 5.41) is 0. The van der Waals surface area contributed by atoms with Crippen molar-refractivity contribution in [3.8, 4) is 0 Å². The normalized spacial score (nSPS) is 14.9. The standard InChI is InChI=1S/C17H25IO2/c1-13(2)11-17(5,16(3,4)18)15(19)20-12-14-9-7-6-8-10-14/h6-10,13H,11-12H2,1-5H3. The molecule has 0 bridgehead atoms. The summed E-state index contributed by atoms with van der Waals surface area (Å²) in [6, 6.07) is 9.82. The Morgan fingerprint density at radius 3 is 2.20 bits per heavy atom. The maximum Gasteiger partial charge on any atom is 0.313 e. The van der Waals surface area contributed by atoms with Gasteiger partial charge in [-0.2, -0.15) is 0 Å². The number of carbonyl (C=O) groups is 1. The van der Waals surface area contributed by atoms with Crippen molar-refractivity contribution in [3.05, 3.63) is 35.9 Å². The fraction of sp³-hybridized carbons (Fsp3) is 0.588. The molecule has 1 aromatic rings. The van der Waals surface area contributed by atoms with Gasteiger partial charge in [0.25, 0.3) is 0 Å². The Morgan fingerprint density at radius 1 is 1.20 bits per heavy atom. The minimum Gasteiger partial charge on any atom is -0.460 e. The first-order valence-corrected chi connectivity index (χ1v) is 8.15. The van der Waals surface area contributed by atoms with Gasteiger partial charge >= 0.3 is 5.97 Å². The number of hydrogen-bond acceptors (Lipinski definition) is 2. The molecule has 1 aromatic carbocycles. The topological polar surface area (TPSA) is 26.3 Å². The summed E-state index contributed by atoms with van der Waals surface area (Å²) in [6.45, 7) is 10.8. The highest BCUT2D eigenvalue weighted by Gasteiger charge is 2.47. The zero-order valence-electron chi connectivity index (χ0n) is 13.1. The first-order chi connectivity index (χ1) is 9.17. The quantitative estimate of drug-likeness (QED) is 0.390. The summed E-state index contributed by atoms with van der Waals surface area (Å²) in [7, 11) is 0. The average Bonchev–Trinajstić information content (AvgIpc) is 2.35. The number of alkyl halides is 1. The molecule has 1 unspecified atom stereocenters. The highest BCUT2D eigenvalue weighted by Crippen LogP contribution is 2.44. The van der Waals surface area contributed by atoms with Crippen LogP contribution in [0.15, 0.2) is 30.3 Å². The van der Waals surface area contributed by atoms with Gasteiger partial charge in [0, 0.05) is 3.42 Å². The number of carbonyl (C=O) groups excluding carboxylic acids is 1. The van der Waals surface area contributed by atoms with E-state index >= 15 is 0 Å². The molecule has 2 nitrogen and oxygen atoms in total. The highest BCUT2D eigenvalue weighted by molar-refractivity contribution is 14.1. The molecule has 1 atom stereocenters. The molecule has 0 aliphatic heterocycles. The van der Waals surface area contributed by atoms with Gasteiger partial charge in [-0.3, -0.25) is 4.79 Å². The second-order valence-electron chi connectivity index (χ2n) is 6.46. The van der Waals surface area contributed by atoms with Crippen LogP contribution in [-0.2, 0) is 16.1 Å². The molecule has 0 fully saturated rings. The molecule has 0 radical (unpaired) electrons. The lowest BCUT2D eigenvalue weighted by Gasteiger charge is -2.39. The zero-order chi connectivity index (χ0) is 15.4. The molecule has 20 heavy (non-hydrogen) atoms. The van der Waals surface area contributed by atoms with Crippen molar-refractivity contribution >= 4 is 28.6 Å². The predicted molar refractivity (Wildman–Crippen MR) is 91.9 cm³/mol. The molecule has 0 aliphatic rings. The summed E-state index contributed by atoms with van der Waals surface area (Å²) >= 11 is 2.36. The maximum atomic E-state index is 12.6. The third-order valence-electron chi connectivity index (χ3n) is 3.79. The van der Waals surface area contributed by atoms with Gasteiger partial charge in [-0.25, -0.2) is 0 Å². The molecule has 0 aliphatic carbocycles. The number of esters is 1. The first kappa shape index (κ1) is 17.5. The van der Waals surface area contributed by atoms with Crippen LogP contribution in [0.5, 0.6) is 0 Å². The molecular formula is C17H25IO2. The third-order valence-corrected chi connectivity index (χ3v) is 4.98. The van der Waals surface area contributed by atoms with Crippen LogP contribution in [-0.4, -0.2) is 9.39 Å². The predicted octanol–water partition coefficient (Wildman–Crippen LogP) is 5.00. The molecule has 112 valence electrons. The molecule has 0 heterocycles. The van der Waals surface area contributed by atoms with Crippen molar-refractivity contribution in [2.75, 3.05) is 0 Å². The summed E-state index contributed by atoms with van der Waals surface area (Å²) in [5.41, 5.74) is 0.551. The van der Waals surface area contributed by atoms with Gasteiger partial charge in [0.1, 0.15) is 6.61 Å². The second-order valence-corrected chi connectivity index (χ2v) is 9.16. The average molecular weight is 388 g/mol. The van der Waals surface area contributed by atoms with Crippen molar-refractivity contribution < 1.29 is 9.53 Å². The Hall–Kier alpha value is -0.580. The van der Waals surface area contributed by atoms with Crippen LogP contribution in [0.2, 0.25) is 0 Å². The van der Waals surface area contributed by atoms with Crippen molar-refractivity contribution in [2.45, 2.75) is 51.1 Å². The Bertz CT molecular complexity index is 434. The molecule has 0 aromatic heterocycles. The number of hydrogen-bond donors (Lipinski definition) is 0. The monoisotopic (exact) mass is 388 g/mol. The van der Waals surface area contributed by atoms with Crippen molar-refractivity contribution in [1.29, 1.82) is 0 Å². The Balaban J connectivity index is 2.79. The van der Waals surface area contributed by atoms with Crippen molar-refractivity contribution in [2.24, 2.45) is 11.3 Å². The van der Waals surface area contributed by atoms with Gasteiger partial charge < -0.3 is 4.74 Å². The van der Waals surface area contributed by atoms with E-state index in [4.69, 9.17) is 4.74 Å². The number of ether oxygens (including phenoxy) is 1. The Labute approximate surface area is 136 Å². The van der Waals surface area contributed by atoms with E-state index in [1.54, 1.807) is 0 Å². The van der Waals surface area contributed by atoms with E-state index in [0.29, 0.717) is 12.5 Å². The van der Waals surface area contributed by atoms with Crippen LogP contribution >= 0.6 is 22.6 Å². The summed E-state index contributed by atoms with van der Waals surface area (Å²) in [4.78, 5) is 12.6. The van der Waals surface area contributed by atoms with E-state index in [2.05, 4.69) is 50.3 Å². The van der Waals surface area contributed by atoms with E-state index in [1.807, 2.05) is 37.3 Å². The first-order valence-electron chi connectivity index (χ1n) is 7.07. The fourth-order valence-electron chi connectivity index (χ4n) is 2.27. The van der Waals surface area contributed by atoms with Crippen LogP contribution in [0.4, 0.5) is 0 Å². The van der Waals surface area contributed by atoms with Crippen LogP contribution < -0.4 is 0 Å². The Kier molecular flexibility index (Phi) is 6.05. The van der Waals surface area contributed by atoms with Gasteiger partial charge in [0.15, 0.2) is 0 Å².